The van der Waals surface area contributed by atoms with Gasteiger partial charge >= 0.3 is 0 Å². The summed E-state index contributed by atoms with van der Waals surface area (Å²) in [7, 11) is -3.27. The molecule has 20 heavy (non-hydrogen) atoms. The van der Waals surface area contributed by atoms with E-state index in [1.54, 1.807) is 4.31 Å². The second kappa shape index (κ2) is 6.14. The van der Waals surface area contributed by atoms with E-state index in [1.165, 1.54) is 0 Å². The van der Waals surface area contributed by atoms with Gasteiger partial charge in [-0.05, 0) is 44.4 Å². The Morgan fingerprint density at radius 3 is 2.20 bits per heavy atom. The largest absolute Gasteiger partial charge is 0.326 e. The topological polar surface area (TPSA) is 63.4 Å². The summed E-state index contributed by atoms with van der Waals surface area (Å²) >= 11 is 0. The van der Waals surface area contributed by atoms with Gasteiger partial charge in [-0.25, -0.2) is 8.42 Å². The lowest BCUT2D eigenvalue weighted by atomic mass is 10.2. The van der Waals surface area contributed by atoms with Crippen LogP contribution in [0.5, 0.6) is 0 Å². The van der Waals surface area contributed by atoms with Crippen LogP contribution < -0.4 is 10.0 Å². The molecule has 0 radical (unpaired) electrons. The number of nitrogens with two attached hydrogens (primary N) is 1. The molecule has 4 nitrogen and oxygen atoms in total. The molecule has 1 fully saturated rings. The van der Waals surface area contributed by atoms with Gasteiger partial charge < -0.3 is 5.73 Å². The summed E-state index contributed by atoms with van der Waals surface area (Å²) < 4.78 is 27.2. The molecule has 0 aliphatic heterocycles. The van der Waals surface area contributed by atoms with Crippen molar-refractivity contribution in [2.24, 2.45) is 5.73 Å². The van der Waals surface area contributed by atoms with E-state index in [0.29, 0.717) is 6.54 Å². The molecule has 0 atom stereocenters. The molecule has 5 heteroatoms. The van der Waals surface area contributed by atoms with Gasteiger partial charge in [0.05, 0.1) is 10.9 Å². The molecular formula is C15H24N2O2S. The highest BCUT2D eigenvalue weighted by molar-refractivity contribution is 7.93. The molecule has 1 aromatic carbocycles. The zero-order chi connectivity index (χ0) is 14.8. The van der Waals surface area contributed by atoms with Gasteiger partial charge in [0.25, 0.3) is 0 Å². The first-order valence-electron chi connectivity index (χ1n) is 7.29. The van der Waals surface area contributed by atoms with E-state index < -0.39 is 10.0 Å². The lowest BCUT2D eigenvalue weighted by Gasteiger charge is -2.31. The summed E-state index contributed by atoms with van der Waals surface area (Å²) in [5.74, 6) is 0. The predicted octanol–water partition coefficient (Wildman–Crippen LogP) is 2.63. The summed E-state index contributed by atoms with van der Waals surface area (Å²) in [5.41, 5.74) is 7.34. The van der Waals surface area contributed by atoms with Crippen molar-refractivity contribution in [1.29, 1.82) is 0 Å². The SMILES string of the molecule is CC(C)N(c1ccc(CN)cc1)S(=O)(=O)C1CCCC1. The highest BCUT2D eigenvalue weighted by Crippen LogP contribution is 2.31. The van der Waals surface area contributed by atoms with Gasteiger partial charge in [-0.15, -0.1) is 0 Å². The molecule has 1 aliphatic rings. The third kappa shape index (κ3) is 2.99. The second-order valence-corrected chi connectivity index (χ2v) is 7.80. The lowest BCUT2D eigenvalue weighted by molar-refractivity contribution is 0.568. The Bertz CT molecular complexity index is 531. The fourth-order valence-corrected chi connectivity index (χ4v) is 5.12. The van der Waals surface area contributed by atoms with Crippen molar-refractivity contribution in [3.63, 3.8) is 0 Å². The zero-order valence-electron chi connectivity index (χ0n) is 12.2. The first-order valence-corrected chi connectivity index (χ1v) is 8.79. The van der Waals surface area contributed by atoms with E-state index in [0.717, 1.165) is 36.9 Å². The van der Waals surface area contributed by atoms with Crippen LogP contribution >= 0.6 is 0 Å². The Balaban J connectivity index is 2.34. The smallest absolute Gasteiger partial charge is 0.238 e. The minimum Gasteiger partial charge on any atom is -0.326 e. The van der Waals surface area contributed by atoms with Gasteiger partial charge in [0.1, 0.15) is 0 Å². The number of hydrogen-bond acceptors (Lipinski definition) is 3. The number of benzene rings is 1. The molecule has 0 heterocycles. The van der Waals surface area contributed by atoms with Crippen LogP contribution in [0.1, 0.15) is 45.1 Å². The van der Waals surface area contributed by atoms with E-state index in [9.17, 15) is 8.42 Å². The van der Waals surface area contributed by atoms with Crippen LogP contribution in [0.3, 0.4) is 0 Å². The van der Waals surface area contributed by atoms with Gasteiger partial charge in [0, 0.05) is 12.6 Å². The molecule has 0 saturated heterocycles. The molecule has 0 aromatic heterocycles. The van der Waals surface area contributed by atoms with E-state index >= 15 is 0 Å². The van der Waals surface area contributed by atoms with Gasteiger partial charge in [0.15, 0.2) is 0 Å². The van der Waals surface area contributed by atoms with E-state index in [2.05, 4.69) is 0 Å². The van der Waals surface area contributed by atoms with E-state index in [4.69, 9.17) is 5.73 Å². The van der Waals surface area contributed by atoms with Gasteiger partial charge in [-0.3, -0.25) is 4.31 Å². The molecule has 112 valence electrons. The van der Waals surface area contributed by atoms with Crippen LogP contribution in [0.25, 0.3) is 0 Å². The molecule has 0 unspecified atom stereocenters. The number of hydrogen-bond donors (Lipinski definition) is 1. The fraction of sp³-hybridized carbons (Fsp3) is 0.600. The van der Waals surface area contributed by atoms with Gasteiger partial charge in [-0.2, -0.15) is 0 Å². The van der Waals surface area contributed by atoms with Crippen LogP contribution in [0.2, 0.25) is 0 Å². The second-order valence-electron chi connectivity index (χ2n) is 5.71. The molecule has 1 aromatic rings. The van der Waals surface area contributed by atoms with Gasteiger partial charge in [-0.1, -0.05) is 25.0 Å². The van der Waals surface area contributed by atoms with Crippen LogP contribution in [0.15, 0.2) is 24.3 Å². The molecule has 2 N–H and O–H groups in total. The molecular weight excluding hydrogens is 272 g/mol. The molecule has 0 bridgehead atoms. The van der Waals surface area contributed by atoms with Gasteiger partial charge in [0.2, 0.25) is 10.0 Å². The summed E-state index contributed by atoms with van der Waals surface area (Å²) in [6, 6.07) is 7.43. The minimum atomic E-state index is -3.27. The Morgan fingerprint density at radius 2 is 1.75 bits per heavy atom. The Hall–Kier alpha value is -1.07. The highest BCUT2D eigenvalue weighted by Gasteiger charge is 2.35. The lowest BCUT2D eigenvalue weighted by Crippen LogP contribution is -2.42. The first kappa shape index (κ1) is 15.3. The molecule has 1 aliphatic carbocycles. The number of nitrogens with zero attached hydrogens (tertiary/aromatic N) is 1. The highest BCUT2D eigenvalue weighted by atomic mass is 32.2. The van der Waals surface area contributed by atoms with Crippen molar-refractivity contribution in [3.05, 3.63) is 29.8 Å². The van der Waals surface area contributed by atoms with E-state index in [1.807, 2.05) is 38.1 Å². The van der Waals surface area contributed by atoms with Crippen LogP contribution in [0.4, 0.5) is 5.69 Å². The van der Waals surface area contributed by atoms with Crippen LogP contribution in [-0.4, -0.2) is 19.7 Å². The summed E-state index contributed by atoms with van der Waals surface area (Å²) in [6.45, 7) is 4.31. The average molecular weight is 296 g/mol. The Morgan fingerprint density at radius 1 is 1.20 bits per heavy atom. The van der Waals surface area contributed by atoms with Crippen molar-refractivity contribution in [1.82, 2.24) is 0 Å². The molecule has 2 rings (SSSR count). The van der Waals surface area contributed by atoms with Crippen molar-refractivity contribution < 1.29 is 8.42 Å². The first-order chi connectivity index (χ1) is 9.46. The number of anilines is 1. The summed E-state index contributed by atoms with van der Waals surface area (Å²) in [4.78, 5) is 0. The Labute approximate surface area is 122 Å². The van der Waals surface area contributed by atoms with Crippen LogP contribution in [-0.2, 0) is 16.6 Å². The van der Waals surface area contributed by atoms with Crippen LogP contribution in [0, 0.1) is 0 Å². The molecule has 0 amide bonds. The quantitative estimate of drug-likeness (QED) is 0.908. The van der Waals surface area contributed by atoms with Crippen molar-refractivity contribution in [3.8, 4) is 0 Å². The fourth-order valence-electron chi connectivity index (χ4n) is 2.86. The summed E-state index contributed by atoms with van der Waals surface area (Å²) in [6.07, 6.45) is 3.60. The summed E-state index contributed by atoms with van der Waals surface area (Å²) in [5, 5.41) is -0.223. The molecule has 1 saturated carbocycles. The van der Waals surface area contributed by atoms with E-state index in [-0.39, 0.29) is 11.3 Å². The maximum Gasteiger partial charge on any atom is 0.238 e. The van der Waals surface area contributed by atoms with Crippen molar-refractivity contribution >= 4 is 15.7 Å². The Kier molecular flexibility index (Phi) is 4.70. The average Bonchev–Trinajstić information content (AvgIpc) is 2.93. The van der Waals surface area contributed by atoms with Crippen molar-refractivity contribution in [2.45, 2.75) is 57.4 Å². The predicted molar refractivity (Wildman–Crippen MR) is 83.1 cm³/mol. The normalized spacial score (nSPS) is 16.8. The standard InChI is InChI=1S/C15H24N2O2S/c1-12(2)17(14-9-7-13(11-16)8-10-14)20(18,19)15-5-3-4-6-15/h7-10,12,15H,3-6,11,16H2,1-2H3. The third-order valence-electron chi connectivity index (χ3n) is 3.89. The number of sulfonamides is 1. The zero-order valence-corrected chi connectivity index (χ0v) is 13.1. The maximum atomic E-state index is 12.8. The maximum absolute atomic E-state index is 12.8. The number of rotatable bonds is 5. The molecule has 0 spiro atoms. The monoisotopic (exact) mass is 296 g/mol. The minimum absolute atomic E-state index is 0.0793. The third-order valence-corrected chi connectivity index (χ3v) is 6.39. The van der Waals surface area contributed by atoms with Crippen molar-refractivity contribution in [2.75, 3.05) is 4.31 Å².